The van der Waals surface area contributed by atoms with Crippen LogP contribution in [0, 0.1) is 0 Å². The van der Waals surface area contributed by atoms with Crippen LogP contribution in [0.1, 0.15) is 37.7 Å². The lowest BCUT2D eigenvalue weighted by Gasteiger charge is -2.21. The number of carbonyl (C=O) groups excluding carboxylic acids is 2. The quantitative estimate of drug-likeness (QED) is 0.117. The molecule has 1 aliphatic rings. The van der Waals surface area contributed by atoms with E-state index in [9.17, 15) is 9.59 Å². The van der Waals surface area contributed by atoms with Crippen LogP contribution in [-0.4, -0.2) is 50.7 Å². The largest absolute Gasteiger partial charge is 0.488 e. The van der Waals surface area contributed by atoms with E-state index in [0.29, 0.717) is 18.8 Å². The van der Waals surface area contributed by atoms with Gasteiger partial charge in [0.05, 0.1) is 32.6 Å². The predicted molar refractivity (Wildman–Crippen MR) is 147 cm³/mol. The number of allylic oxidation sites excluding steroid dienone is 3. The van der Waals surface area contributed by atoms with E-state index in [1.54, 1.807) is 24.4 Å². The highest BCUT2D eigenvalue weighted by molar-refractivity contribution is 5.96. The van der Waals surface area contributed by atoms with E-state index in [1.165, 1.54) is 14.2 Å². The molecular formula is C30H37NO7. The van der Waals surface area contributed by atoms with Crippen molar-refractivity contribution in [3.8, 4) is 5.75 Å². The average Bonchev–Trinajstić information content (AvgIpc) is 2.96. The van der Waals surface area contributed by atoms with Crippen LogP contribution in [0.3, 0.4) is 0 Å². The van der Waals surface area contributed by atoms with Gasteiger partial charge >= 0.3 is 11.9 Å². The van der Waals surface area contributed by atoms with Crippen molar-refractivity contribution in [1.29, 1.82) is 0 Å². The van der Waals surface area contributed by atoms with E-state index in [2.05, 4.69) is 22.9 Å². The molecule has 2 rings (SSSR count). The Morgan fingerprint density at radius 3 is 2.66 bits per heavy atom. The molecule has 8 heteroatoms. The van der Waals surface area contributed by atoms with Gasteiger partial charge in [-0.2, -0.15) is 0 Å². The number of hydrogen-bond acceptors (Lipinski definition) is 8. The van der Waals surface area contributed by atoms with Gasteiger partial charge < -0.3 is 23.7 Å². The zero-order chi connectivity index (χ0) is 27.6. The fraction of sp³-hybridized carbons (Fsp3) is 0.367. The summed E-state index contributed by atoms with van der Waals surface area (Å²) in [6, 6.07) is 7.28. The Hall–Kier alpha value is -3.91. The summed E-state index contributed by atoms with van der Waals surface area (Å²) in [5.41, 5.74) is 1.51. The Morgan fingerprint density at radius 1 is 1.16 bits per heavy atom. The zero-order valence-corrected chi connectivity index (χ0v) is 22.2. The molecule has 0 heterocycles. The van der Waals surface area contributed by atoms with E-state index in [0.717, 1.165) is 29.9 Å². The van der Waals surface area contributed by atoms with Gasteiger partial charge in [0, 0.05) is 24.6 Å². The third-order valence-electron chi connectivity index (χ3n) is 5.53. The molecule has 0 saturated carbocycles. The molecule has 2 unspecified atom stereocenters. The molecule has 0 bridgehead atoms. The minimum atomic E-state index is -0.941. The molecule has 1 aliphatic carbocycles. The zero-order valence-electron chi connectivity index (χ0n) is 22.2. The Morgan fingerprint density at radius 2 is 1.97 bits per heavy atom. The number of carbonyl (C=O) groups is 2. The molecule has 0 aliphatic heterocycles. The topological polar surface area (TPSA) is 92.6 Å². The summed E-state index contributed by atoms with van der Waals surface area (Å²) in [6.07, 6.45) is 14.6. The molecule has 8 nitrogen and oxygen atoms in total. The Bertz CT molecular complexity index is 1050. The standard InChI is InChI=1S/C30H37NO7/c1-5-7-8-11-20-31-24(6-2)22-37-26-16-14-25(15-17-26)36-21-23-12-9-10-13-27(23)38-28(30(33)35-4)18-19-29(32)34-3/h5-6,9-14,16-17,20,25,28H,1-2,7-8,15,18-19,21-22H2,3-4H3/b20-11+,31-24?. The normalized spacial score (nSPS) is 15.9. The Balaban J connectivity index is 1.88. The number of esters is 2. The van der Waals surface area contributed by atoms with Crippen LogP contribution < -0.4 is 4.74 Å². The summed E-state index contributed by atoms with van der Waals surface area (Å²) in [5, 5.41) is 0. The Kier molecular flexibility index (Phi) is 14.0. The monoisotopic (exact) mass is 523 g/mol. The fourth-order valence-corrected chi connectivity index (χ4v) is 3.35. The first kappa shape index (κ1) is 30.3. The number of ether oxygens (including phenoxy) is 5. The van der Waals surface area contributed by atoms with Crippen LogP contribution in [0.25, 0.3) is 0 Å². The van der Waals surface area contributed by atoms with Gasteiger partial charge in [0.15, 0.2) is 6.10 Å². The Labute approximate surface area is 225 Å². The molecule has 0 aromatic heterocycles. The van der Waals surface area contributed by atoms with Crippen LogP contribution in [0.15, 0.2) is 90.8 Å². The lowest BCUT2D eigenvalue weighted by atomic mass is 10.1. The molecule has 204 valence electrons. The van der Waals surface area contributed by atoms with Crippen molar-refractivity contribution in [2.45, 2.75) is 50.9 Å². The van der Waals surface area contributed by atoms with Gasteiger partial charge in [-0.3, -0.25) is 9.79 Å². The smallest absolute Gasteiger partial charge is 0.347 e. The number of benzene rings is 1. The predicted octanol–water partition coefficient (Wildman–Crippen LogP) is 5.41. The SMILES string of the molecule is C=CCC/C=C/N=C(C=C)COC1=CCC(OCc2ccccc2OC(CCC(=O)OC)C(=O)OC)C=C1. The first-order valence-corrected chi connectivity index (χ1v) is 12.5. The van der Waals surface area contributed by atoms with Gasteiger partial charge in [0.1, 0.15) is 18.1 Å². The van der Waals surface area contributed by atoms with Crippen LogP contribution in [0.2, 0.25) is 0 Å². The van der Waals surface area contributed by atoms with Gasteiger partial charge in [-0.25, -0.2) is 4.79 Å². The summed E-state index contributed by atoms with van der Waals surface area (Å²) < 4.78 is 27.3. The maximum atomic E-state index is 12.2. The van der Waals surface area contributed by atoms with Crippen molar-refractivity contribution < 1.29 is 33.3 Å². The van der Waals surface area contributed by atoms with Crippen LogP contribution in [0.5, 0.6) is 5.75 Å². The lowest BCUT2D eigenvalue weighted by molar-refractivity contribution is -0.150. The highest BCUT2D eigenvalue weighted by atomic mass is 16.6. The number of aliphatic imine (C=N–C) groups is 1. The molecule has 0 amide bonds. The highest BCUT2D eigenvalue weighted by Gasteiger charge is 2.24. The van der Waals surface area contributed by atoms with Gasteiger partial charge in [-0.05, 0) is 43.6 Å². The lowest BCUT2D eigenvalue weighted by Crippen LogP contribution is -2.30. The summed E-state index contributed by atoms with van der Waals surface area (Å²) in [7, 11) is 2.58. The third kappa shape index (κ3) is 11.0. The molecule has 0 radical (unpaired) electrons. The number of methoxy groups -OCH3 is 2. The molecular weight excluding hydrogens is 486 g/mol. The van der Waals surface area contributed by atoms with E-state index in [4.69, 9.17) is 18.9 Å². The van der Waals surface area contributed by atoms with Gasteiger partial charge in [-0.1, -0.05) is 43.0 Å². The molecule has 0 saturated heterocycles. The van der Waals surface area contributed by atoms with Crippen molar-refractivity contribution in [2.24, 2.45) is 4.99 Å². The molecule has 1 aromatic carbocycles. The van der Waals surface area contributed by atoms with Gasteiger partial charge in [-0.15, -0.1) is 6.58 Å². The summed E-state index contributed by atoms with van der Waals surface area (Å²) in [5.74, 6) is 0.238. The van der Waals surface area contributed by atoms with Gasteiger partial charge in [0.25, 0.3) is 0 Å². The first-order chi connectivity index (χ1) is 18.5. The first-order valence-electron chi connectivity index (χ1n) is 12.5. The second kappa shape index (κ2) is 17.5. The average molecular weight is 524 g/mol. The van der Waals surface area contributed by atoms with E-state index in [-0.39, 0.29) is 25.6 Å². The molecule has 1 aromatic rings. The summed E-state index contributed by atoms with van der Waals surface area (Å²) in [4.78, 5) is 28.1. The van der Waals surface area contributed by atoms with Crippen molar-refractivity contribution in [2.75, 3.05) is 20.8 Å². The highest BCUT2D eigenvalue weighted by Crippen LogP contribution is 2.24. The number of unbranched alkanes of at least 4 members (excludes halogenated alkanes) is 1. The number of hydrogen-bond donors (Lipinski definition) is 0. The number of rotatable bonds is 17. The maximum Gasteiger partial charge on any atom is 0.347 e. The second-order valence-electron chi connectivity index (χ2n) is 8.27. The summed E-state index contributed by atoms with van der Waals surface area (Å²) >= 11 is 0. The fourth-order valence-electron chi connectivity index (χ4n) is 3.35. The van der Waals surface area contributed by atoms with Crippen molar-refractivity contribution in [3.63, 3.8) is 0 Å². The van der Waals surface area contributed by atoms with Crippen LogP contribution in [-0.2, 0) is 35.1 Å². The van der Waals surface area contributed by atoms with Crippen LogP contribution >= 0.6 is 0 Å². The molecule has 0 fully saturated rings. The third-order valence-corrected chi connectivity index (χ3v) is 5.53. The number of nitrogens with zero attached hydrogens (tertiary/aromatic N) is 1. The minimum Gasteiger partial charge on any atom is -0.488 e. The van der Waals surface area contributed by atoms with E-state index < -0.39 is 18.0 Å². The molecule has 0 spiro atoms. The van der Waals surface area contributed by atoms with E-state index in [1.807, 2.05) is 42.5 Å². The molecule has 2 atom stereocenters. The van der Waals surface area contributed by atoms with Crippen molar-refractivity contribution in [3.05, 3.63) is 91.4 Å². The maximum absolute atomic E-state index is 12.2. The molecule has 38 heavy (non-hydrogen) atoms. The van der Waals surface area contributed by atoms with Crippen LogP contribution in [0.4, 0.5) is 0 Å². The second-order valence-corrected chi connectivity index (χ2v) is 8.27. The number of para-hydroxylation sites is 1. The minimum absolute atomic E-state index is 0.0329. The van der Waals surface area contributed by atoms with Crippen molar-refractivity contribution >= 4 is 17.7 Å². The summed E-state index contributed by atoms with van der Waals surface area (Å²) in [6.45, 7) is 8.08. The van der Waals surface area contributed by atoms with Gasteiger partial charge in [0.2, 0.25) is 0 Å². The molecule has 0 N–H and O–H groups in total. The van der Waals surface area contributed by atoms with Crippen molar-refractivity contribution in [1.82, 2.24) is 0 Å². The van der Waals surface area contributed by atoms with E-state index >= 15 is 0 Å².